The van der Waals surface area contributed by atoms with Crippen molar-refractivity contribution in [1.29, 1.82) is 0 Å². The number of rotatable bonds is 3. The van der Waals surface area contributed by atoms with Gasteiger partial charge in [-0.25, -0.2) is 0 Å². The summed E-state index contributed by atoms with van der Waals surface area (Å²) in [4.78, 5) is 18.1. The van der Waals surface area contributed by atoms with Gasteiger partial charge in [0.2, 0.25) is 0 Å². The third-order valence-corrected chi connectivity index (χ3v) is 2.81. The minimum Gasteiger partial charge on any atom is -0.482 e. The number of fused-ring (bicyclic) bond motifs is 1. The Labute approximate surface area is 111 Å². The van der Waals surface area contributed by atoms with Crippen LogP contribution in [0.25, 0.3) is 0 Å². The molecule has 1 aliphatic rings. The summed E-state index contributed by atoms with van der Waals surface area (Å²) in [7, 11) is 1.72. The number of anilines is 1. The normalized spacial score (nSPS) is 14.5. The number of ether oxygens (including phenoxy) is 1. The third kappa shape index (κ3) is 2.68. The largest absolute Gasteiger partial charge is 0.482 e. The highest BCUT2D eigenvalue weighted by Gasteiger charge is 2.22. The van der Waals surface area contributed by atoms with Gasteiger partial charge in [0.25, 0.3) is 5.91 Å². The molecule has 0 spiro atoms. The summed E-state index contributed by atoms with van der Waals surface area (Å²) in [5, 5.41) is 3.91. The first kappa shape index (κ1) is 13.0. The zero-order chi connectivity index (χ0) is 13.8. The van der Waals surface area contributed by atoms with Gasteiger partial charge in [-0.2, -0.15) is 0 Å². The van der Waals surface area contributed by atoms with Gasteiger partial charge in [-0.1, -0.05) is 11.1 Å². The van der Waals surface area contributed by atoms with Gasteiger partial charge in [-0.3, -0.25) is 4.79 Å². The van der Waals surface area contributed by atoms with Crippen LogP contribution in [0.1, 0.15) is 12.5 Å². The number of oxime groups is 1. The Morgan fingerprint density at radius 3 is 3.16 bits per heavy atom. The molecule has 0 saturated heterocycles. The van der Waals surface area contributed by atoms with Crippen LogP contribution < -0.4 is 9.64 Å². The number of likely N-dealkylation sites (N-methyl/N-ethyl adjacent to an activating group) is 1. The maximum absolute atomic E-state index is 11.6. The quantitative estimate of drug-likeness (QED) is 0.356. The lowest BCUT2D eigenvalue weighted by molar-refractivity contribution is -0.120. The number of carbonyl (C=O) groups excluding carboxylic acids is 1. The molecule has 0 bridgehead atoms. The molecule has 1 amide bonds. The Morgan fingerprint density at radius 2 is 2.42 bits per heavy atom. The summed E-state index contributed by atoms with van der Waals surface area (Å²) in [6.45, 7) is 2.01. The predicted molar refractivity (Wildman–Crippen MR) is 72.3 cm³/mol. The van der Waals surface area contributed by atoms with Crippen molar-refractivity contribution in [2.75, 3.05) is 25.2 Å². The lowest BCUT2D eigenvalue weighted by Crippen LogP contribution is -2.35. The highest BCUT2D eigenvalue weighted by atomic mass is 16.6. The summed E-state index contributed by atoms with van der Waals surface area (Å²) in [6, 6.07) is 5.51. The van der Waals surface area contributed by atoms with Crippen molar-refractivity contribution in [1.82, 2.24) is 0 Å². The molecular formula is C14H14N2O3. The van der Waals surface area contributed by atoms with Gasteiger partial charge in [-0.05, 0) is 25.1 Å². The molecule has 0 N–H and O–H groups in total. The summed E-state index contributed by atoms with van der Waals surface area (Å²) < 4.78 is 5.35. The van der Waals surface area contributed by atoms with Crippen molar-refractivity contribution in [2.24, 2.45) is 5.16 Å². The molecule has 0 atom stereocenters. The molecule has 19 heavy (non-hydrogen) atoms. The van der Waals surface area contributed by atoms with Crippen LogP contribution in [0.2, 0.25) is 0 Å². The van der Waals surface area contributed by atoms with Gasteiger partial charge in [0.1, 0.15) is 5.75 Å². The Morgan fingerprint density at radius 1 is 1.63 bits per heavy atom. The van der Waals surface area contributed by atoms with Crippen LogP contribution in [0.4, 0.5) is 5.69 Å². The van der Waals surface area contributed by atoms with Crippen molar-refractivity contribution in [3.8, 4) is 18.1 Å². The SMILES string of the molecule is C#CCO/N=C(/C)c1ccc2c(c1)N(C)C(=O)CO2. The van der Waals surface area contributed by atoms with Crippen molar-refractivity contribution < 1.29 is 14.4 Å². The van der Waals surface area contributed by atoms with Gasteiger partial charge >= 0.3 is 0 Å². The Bertz CT molecular complexity index is 573. The summed E-state index contributed by atoms with van der Waals surface area (Å²) in [5.74, 6) is 2.94. The lowest BCUT2D eigenvalue weighted by Gasteiger charge is -2.26. The van der Waals surface area contributed by atoms with Crippen LogP contribution in [-0.4, -0.2) is 31.9 Å². The molecule has 1 aliphatic heterocycles. The number of terminal acetylenes is 1. The second-order valence-electron chi connectivity index (χ2n) is 4.08. The second kappa shape index (κ2) is 5.44. The highest BCUT2D eigenvalue weighted by Crippen LogP contribution is 2.32. The number of hydrogen-bond donors (Lipinski definition) is 0. The molecule has 1 aromatic carbocycles. The lowest BCUT2D eigenvalue weighted by atomic mass is 10.1. The van der Waals surface area contributed by atoms with E-state index in [2.05, 4.69) is 11.1 Å². The number of carbonyl (C=O) groups is 1. The predicted octanol–water partition coefficient (Wildman–Crippen LogP) is 1.42. The molecule has 5 heteroatoms. The van der Waals surface area contributed by atoms with Crippen molar-refractivity contribution >= 4 is 17.3 Å². The molecule has 0 aliphatic carbocycles. The monoisotopic (exact) mass is 258 g/mol. The molecule has 0 radical (unpaired) electrons. The topological polar surface area (TPSA) is 51.1 Å². The highest BCUT2D eigenvalue weighted by molar-refractivity contribution is 6.02. The zero-order valence-corrected chi connectivity index (χ0v) is 10.8. The van der Waals surface area contributed by atoms with Crippen LogP contribution in [0.5, 0.6) is 5.75 Å². The second-order valence-corrected chi connectivity index (χ2v) is 4.08. The standard InChI is InChI=1S/C14H14N2O3/c1-4-7-19-15-10(2)11-5-6-13-12(8-11)16(3)14(17)9-18-13/h1,5-6,8H,7,9H2,2-3H3/b15-10-. The zero-order valence-electron chi connectivity index (χ0n) is 10.8. The van der Waals surface area contributed by atoms with E-state index in [1.54, 1.807) is 11.9 Å². The van der Waals surface area contributed by atoms with Gasteiger partial charge in [0, 0.05) is 12.6 Å². The van der Waals surface area contributed by atoms with Crippen LogP contribution in [0, 0.1) is 12.3 Å². The van der Waals surface area contributed by atoms with E-state index in [4.69, 9.17) is 16.0 Å². The number of benzene rings is 1. The average Bonchev–Trinajstić information content (AvgIpc) is 2.43. The van der Waals surface area contributed by atoms with E-state index >= 15 is 0 Å². The van der Waals surface area contributed by atoms with Gasteiger partial charge < -0.3 is 14.5 Å². The molecule has 0 aromatic heterocycles. The van der Waals surface area contributed by atoms with Crippen LogP contribution in [0.15, 0.2) is 23.4 Å². The van der Waals surface area contributed by atoms with Crippen LogP contribution in [0.3, 0.4) is 0 Å². The van der Waals surface area contributed by atoms with E-state index in [1.165, 1.54) is 0 Å². The molecule has 0 saturated carbocycles. The average molecular weight is 258 g/mol. The molecule has 0 unspecified atom stereocenters. The molecule has 0 fully saturated rings. The van der Waals surface area contributed by atoms with E-state index in [0.717, 1.165) is 11.3 Å². The molecule has 98 valence electrons. The molecular weight excluding hydrogens is 244 g/mol. The maximum atomic E-state index is 11.6. The molecule has 1 aromatic rings. The Kier molecular flexibility index (Phi) is 3.71. The smallest absolute Gasteiger partial charge is 0.264 e. The van der Waals surface area contributed by atoms with Crippen LogP contribution >= 0.6 is 0 Å². The van der Waals surface area contributed by atoms with Crippen molar-refractivity contribution in [3.05, 3.63) is 23.8 Å². The van der Waals surface area contributed by atoms with E-state index in [9.17, 15) is 4.79 Å². The molecule has 2 rings (SSSR count). The van der Waals surface area contributed by atoms with Crippen LogP contribution in [-0.2, 0) is 9.63 Å². The van der Waals surface area contributed by atoms with Crippen molar-refractivity contribution in [3.63, 3.8) is 0 Å². The summed E-state index contributed by atoms with van der Waals surface area (Å²) in [5.41, 5.74) is 2.26. The first-order valence-corrected chi connectivity index (χ1v) is 5.77. The third-order valence-electron chi connectivity index (χ3n) is 2.81. The molecule has 5 nitrogen and oxygen atoms in total. The number of nitrogens with zero attached hydrogens (tertiary/aromatic N) is 2. The van der Waals surface area contributed by atoms with Gasteiger partial charge in [-0.15, -0.1) is 6.42 Å². The first-order valence-electron chi connectivity index (χ1n) is 5.77. The van der Waals surface area contributed by atoms with Gasteiger partial charge in [0.05, 0.1) is 11.4 Å². The maximum Gasteiger partial charge on any atom is 0.264 e. The van der Waals surface area contributed by atoms with E-state index in [1.807, 2.05) is 25.1 Å². The summed E-state index contributed by atoms with van der Waals surface area (Å²) in [6.07, 6.45) is 5.07. The van der Waals surface area contributed by atoms with E-state index in [-0.39, 0.29) is 19.1 Å². The fourth-order valence-corrected chi connectivity index (χ4v) is 1.72. The Hall–Kier alpha value is -2.48. The summed E-state index contributed by atoms with van der Waals surface area (Å²) >= 11 is 0. The van der Waals surface area contributed by atoms with Gasteiger partial charge in [0.15, 0.2) is 13.2 Å². The fraction of sp³-hybridized carbons (Fsp3) is 0.286. The van der Waals surface area contributed by atoms with Crippen molar-refractivity contribution in [2.45, 2.75) is 6.92 Å². The number of hydrogen-bond acceptors (Lipinski definition) is 4. The molecule has 1 heterocycles. The minimum atomic E-state index is -0.0807. The van der Waals surface area contributed by atoms with E-state index < -0.39 is 0 Å². The number of amides is 1. The Balaban J connectivity index is 2.28. The fourth-order valence-electron chi connectivity index (χ4n) is 1.72. The van der Waals surface area contributed by atoms with E-state index in [0.29, 0.717) is 11.5 Å². The minimum absolute atomic E-state index is 0.0706. The first-order chi connectivity index (χ1) is 9.13.